The molecule has 1 aromatic rings. The van der Waals surface area contributed by atoms with Gasteiger partial charge < -0.3 is 9.31 Å². The molecule has 0 aromatic heterocycles. The third kappa shape index (κ3) is 2.45. The summed E-state index contributed by atoms with van der Waals surface area (Å²) >= 11 is 0. The quantitative estimate of drug-likeness (QED) is 0.483. The van der Waals surface area contributed by atoms with Gasteiger partial charge in [-0.3, -0.25) is 10.1 Å². The van der Waals surface area contributed by atoms with Crippen LogP contribution in [0.25, 0.3) is 0 Å². The fourth-order valence-electron chi connectivity index (χ4n) is 2.14. The van der Waals surface area contributed by atoms with Crippen molar-refractivity contribution in [1.82, 2.24) is 0 Å². The van der Waals surface area contributed by atoms with Gasteiger partial charge in [0.25, 0.3) is 5.69 Å². The first-order valence-electron chi connectivity index (χ1n) is 6.81. The van der Waals surface area contributed by atoms with E-state index < -0.39 is 18.3 Å². The third-order valence-electron chi connectivity index (χ3n) is 4.21. The molecule has 20 heavy (non-hydrogen) atoms. The van der Waals surface area contributed by atoms with Crippen LogP contribution >= 0.6 is 0 Å². The number of rotatable bonds is 3. The highest BCUT2D eigenvalue weighted by Gasteiger charge is 2.53. The molecule has 0 N–H and O–H groups in total. The van der Waals surface area contributed by atoms with Crippen molar-refractivity contribution in [3.05, 3.63) is 33.9 Å². The average molecular weight is 277 g/mol. The molecule has 0 atom stereocenters. The lowest BCUT2D eigenvalue weighted by Gasteiger charge is -2.32. The van der Waals surface area contributed by atoms with E-state index in [1.165, 1.54) is 0 Å². The summed E-state index contributed by atoms with van der Waals surface area (Å²) in [5.41, 5.74) is 0.454. The number of benzene rings is 1. The molecule has 0 bridgehead atoms. The van der Waals surface area contributed by atoms with Gasteiger partial charge in [-0.05, 0) is 39.7 Å². The Morgan fingerprint density at radius 3 is 2.20 bits per heavy atom. The van der Waals surface area contributed by atoms with Gasteiger partial charge in [0.1, 0.15) is 0 Å². The molecular weight excluding hydrogens is 257 g/mol. The van der Waals surface area contributed by atoms with Crippen molar-refractivity contribution in [2.75, 3.05) is 0 Å². The van der Waals surface area contributed by atoms with Crippen LogP contribution < -0.4 is 5.46 Å². The highest BCUT2D eigenvalue weighted by atomic mass is 16.7. The average Bonchev–Trinajstić information content (AvgIpc) is 2.57. The lowest BCUT2D eigenvalue weighted by atomic mass is 9.77. The van der Waals surface area contributed by atoms with E-state index in [0.29, 0.717) is 5.46 Å². The van der Waals surface area contributed by atoms with Gasteiger partial charge in [-0.2, -0.15) is 0 Å². The summed E-state index contributed by atoms with van der Waals surface area (Å²) in [7, 11) is -0.702. The first kappa shape index (κ1) is 15.0. The van der Waals surface area contributed by atoms with Crippen LogP contribution in [0.15, 0.2) is 18.2 Å². The second-order valence-electron chi connectivity index (χ2n) is 6.09. The molecule has 1 saturated heterocycles. The summed E-state index contributed by atoms with van der Waals surface area (Å²) < 4.78 is 11.8. The van der Waals surface area contributed by atoms with E-state index in [2.05, 4.69) is 0 Å². The van der Waals surface area contributed by atoms with Gasteiger partial charge in [-0.15, -0.1) is 0 Å². The number of hydrogen-bond acceptors (Lipinski definition) is 4. The Bertz CT molecular complexity index is 526. The van der Waals surface area contributed by atoms with Crippen LogP contribution in [-0.2, 0) is 15.7 Å². The topological polar surface area (TPSA) is 61.6 Å². The molecule has 0 spiro atoms. The first-order chi connectivity index (χ1) is 9.18. The zero-order chi connectivity index (χ0) is 15.1. The summed E-state index contributed by atoms with van der Waals surface area (Å²) in [6, 6.07) is 5.22. The van der Waals surface area contributed by atoms with E-state index in [9.17, 15) is 10.1 Å². The van der Waals surface area contributed by atoms with E-state index in [1.54, 1.807) is 12.1 Å². The minimum atomic E-state index is -0.702. The molecule has 0 aliphatic carbocycles. The fraction of sp³-hybridized carbons (Fsp3) is 0.571. The molecule has 0 amide bonds. The molecule has 1 aromatic carbocycles. The summed E-state index contributed by atoms with van der Waals surface area (Å²) in [6.45, 7) is 9.69. The van der Waals surface area contributed by atoms with Gasteiger partial charge in [-0.25, -0.2) is 0 Å². The van der Waals surface area contributed by atoms with Crippen molar-refractivity contribution in [2.45, 2.75) is 52.2 Å². The highest BCUT2D eigenvalue weighted by Crippen LogP contribution is 2.37. The predicted octanol–water partition coefficient (Wildman–Crippen LogP) is 2.46. The zero-order valence-corrected chi connectivity index (χ0v) is 12.6. The maximum absolute atomic E-state index is 11.3. The molecule has 2 rings (SSSR count). The second kappa shape index (κ2) is 4.86. The highest BCUT2D eigenvalue weighted by molar-refractivity contribution is 6.63. The number of hydrogen-bond donors (Lipinski definition) is 0. The maximum atomic E-state index is 11.3. The van der Waals surface area contributed by atoms with Crippen molar-refractivity contribution in [2.24, 2.45) is 0 Å². The van der Waals surface area contributed by atoms with Gasteiger partial charge in [0.2, 0.25) is 0 Å². The van der Waals surface area contributed by atoms with Gasteiger partial charge in [0.15, 0.2) is 0 Å². The summed E-state index contributed by atoms with van der Waals surface area (Å²) in [4.78, 5) is 10.9. The van der Waals surface area contributed by atoms with E-state index in [-0.39, 0.29) is 10.6 Å². The Labute approximate surface area is 119 Å². The first-order valence-corrected chi connectivity index (χ1v) is 6.81. The van der Waals surface area contributed by atoms with Crippen molar-refractivity contribution >= 4 is 18.3 Å². The normalized spacial score (nSPS) is 20.1. The maximum Gasteiger partial charge on any atom is 0.501 e. The van der Waals surface area contributed by atoms with E-state index in [4.69, 9.17) is 9.31 Å². The predicted molar refractivity (Wildman–Crippen MR) is 78.2 cm³/mol. The van der Waals surface area contributed by atoms with Crippen LogP contribution in [0.1, 0.15) is 40.2 Å². The molecule has 1 fully saturated rings. The Kier molecular flexibility index (Phi) is 3.65. The molecule has 1 aliphatic rings. The Morgan fingerprint density at radius 2 is 1.75 bits per heavy atom. The number of aryl methyl sites for hydroxylation is 1. The molecule has 1 aliphatic heterocycles. The summed E-state index contributed by atoms with van der Waals surface area (Å²) in [5.74, 6) is 0. The molecule has 0 unspecified atom stereocenters. The molecule has 1 heterocycles. The summed E-state index contributed by atoms with van der Waals surface area (Å²) in [5, 5.41) is 11.3. The third-order valence-corrected chi connectivity index (χ3v) is 4.21. The van der Waals surface area contributed by atoms with Crippen molar-refractivity contribution in [3.63, 3.8) is 0 Å². The lowest BCUT2D eigenvalue weighted by Crippen LogP contribution is -2.41. The SMILES string of the molecule is CCc1ccc(B2OC(C)(C)C(C)(C)O2)c([N+](=O)[O-])c1. The van der Waals surface area contributed by atoms with E-state index in [1.807, 2.05) is 40.7 Å². The molecule has 108 valence electrons. The lowest BCUT2D eigenvalue weighted by molar-refractivity contribution is -0.383. The Morgan fingerprint density at radius 1 is 1.20 bits per heavy atom. The van der Waals surface area contributed by atoms with Crippen LogP contribution in [-0.4, -0.2) is 23.2 Å². The molecular formula is C14H20BNO4. The van der Waals surface area contributed by atoms with Gasteiger partial charge in [0.05, 0.1) is 21.6 Å². The molecule has 0 saturated carbocycles. The van der Waals surface area contributed by atoms with Crippen LogP contribution in [0, 0.1) is 10.1 Å². The number of nitrogens with zero attached hydrogens (tertiary/aromatic N) is 1. The standard InChI is InChI=1S/C14H20BNO4/c1-6-10-7-8-11(12(9-10)16(17)18)15-19-13(2,3)14(4,5)20-15/h7-9H,6H2,1-5H3. The van der Waals surface area contributed by atoms with Gasteiger partial charge in [-0.1, -0.05) is 19.1 Å². The minimum Gasteiger partial charge on any atom is -0.399 e. The van der Waals surface area contributed by atoms with Crippen molar-refractivity contribution in [1.29, 1.82) is 0 Å². The number of nitro benzene ring substituents is 1. The minimum absolute atomic E-state index is 0.0582. The van der Waals surface area contributed by atoms with Crippen molar-refractivity contribution < 1.29 is 14.2 Å². The van der Waals surface area contributed by atoms with Gasteiger partial charge in [0, 0.05) is 6.07 Å². The van der Waals surface area contributed by atoms with E-state index in [0.717, 1.165) is 12.0 Å². The second-order valence-corrected chi connectivity index (χ2v) is 6.09. The zero-order valence-electron chi connectivity index (χ0n) is 12.6. The van der Waals surface area contributed by atoms with E-state index >= 15 is 0 Å². The van der Waals surface area contributed by atoms with Crippen LogP contribution in [0.4, 0.5) is 5.69 Å². The smallest absolute Gasteiger partial charge is 0.399 e. The van der Waals surface area contributed by atoms with Crippen molar-refractivity contribution in [3.8, 4) is 0 Å². The monoisotopic (exact) mass is 277 g/mol. The van der Waals surface area contributed by atoms with Crippen LogP contribution in [0.3, 0.4) is 0 Å². The number of nitro groups is 1. The Hall–Kier alpha value is -1.40. The van der Waals surface area contributed by atoms with Crippen LogP contribution in [0.5, 0.6) is 0 Å². The molecule has 0 radical (unpaired) electrons. The Balaban J connectivity index is 2.42. The van der Waals surface area contributed by atoms with Crippen LogP contribution in [0.2, 0.25) is 0 Å². The largest absolute Gasteiger partial charge is 0.501 e. The molecule has 6 heteroatoms. The van der Waals surface area contributed by atoms with Gasteiger partial charge >= 0.3 is 7.12 Å². The fourth-order valence-corrected chi connectivity index (χ4v) is 2.14. The molecule has 5 nitrogen and oxygen atoms in total. The summed E-state index contributed by atoms with van der Waals surface area (Å²) in [6.07, 6.45) is 0.754.